The van der Waals surface area contributed by atoms with Crippen molar-refractivity contribution in [3.05, 3.63) is 59.1 Å². The van der Waals surface area contributed by atoms with Gasteiger partial charge in [-0.25, -0.2) is 8.42 Å². The van der Waals surface area contributed by atoms with Gasteiger partial charge < -0.3 is 4.42 Å². The predicted molar refractivity (Wildman–Crippen MR) is 92.2 cm³/mol. The van der Waals surface area contributed by atoms with Crippen molar-refractivity contribution in [2.75, 3.05) is 11.6 Å². The first-order chi connectivity index (χ1) is 11.8. The quantitative estimate of drug-likeness (QED) is 0.749. The first-order valence-corrected chi connectivity index (χ1v) is 9.31. The number of nitrogens with zero attached hydrogens (tertiary/aromatic N) is 2. The number of halogens is 1. The third kappa shape index (κ3) is 4.04. The molecule has 1 N–H and O–H groups in total. The van der Waals surface area contributed by atoms with Gasteiger partial charge in [0.1, 0.15) is 0 Å². The molecule has 1 amide bonds. The number of hydrogen-bond acceptors (Lipinski definition) is 6. The lowest BCUT2D eigenvalue weighted by atomic mass is 10.2. The number of aromatic nitrogens is 2. The van der Waals surface area contributed by atoms with Crippen LogP contribution in [-0.4, -0.2) is 30.8 Å². The third-order valence-corrected chi connectivity index (χ3v) is 4.59. The molecule has 0 aliphatic carbocycles. The zero-order chi connectivity index (χ0) is 18.0. The summed E-state index contributed by atoms with van der Waals surface area (Å²) in [5.41, 5.74) is 0.769. The van der Waals surface area contributed by atoms with E-state index in [2.05, 4.69) is 15.5 Å². The molecule has 0 saturated carbocycles. The number of anilines is 1. The molecule has 0 fully saturated rings. The number of carbonyl (C=O) groups excluding carboxylic acids is 1. The monoisotopic (exact) mass is 377 g/mol. The number of amides is 1. The summed E-state index contributed by atoms with van der Waals surface area (Å²) in [6.45, 7) is 0. The fourth-order valence-corrected chi connectivity index (χ4v) is 2.91. The fourth-order valence-electron chi connectivity index (χ4n) is 2.05. The third-order valence-electron chi connectivity index (χ3n) is 3.24. The lowest BCUT2D eigenvalue weighted by Gasteiger charge is -2.01. The second-order valence-corrected chi connectivity index (χ2v) is 7.63. The van der Waals surface area contributed by atoms with Crippen molar-refractivity contribution in [1.82, 2.24) is 10.2 Å². The Balaban J connectivity index is 1.82. The first kappa shape index (κ1) is 17.1. The fraction of sp³-hybridized carbons (Fsp3) is 0.0625. The SMILES string of the molecule is CS(=O)(=O)c1cccc(-c2nnc(NC(=O)c3cccc(Cl)c3)o2)c1. The highest BCUT2D eigenvalue weighted by Gasteiger charge is 2.15. The molecular formula is C16H12ClN3O4S. The van der Waals surface area contributed by atoms with Crippen LogP contribution in [0, 0.1) is 0 Å². The van der Waals surface area contributed by atoms with Gasteiger partial charge in [-0.1, -0.05) is 28.8 Å². The van der Waals surface area contributed by atoms with Crippen molar-refractivity contribution >= 4 is 33.4 Å². The summed E-state index contributed by atoms with van der Waals surface area (Å²) < 4.78 is 28.6. The molecule has 1 heterocycles. The van der Waals surface area contributed by atoms with E-state index in [1.807, 2.05) is 0 Å². The molecule has 2 aromatic carbocycles. The second-order valence-electron chi connectivity index (χ2n) is 5.18. The van der Waals surface area contributed by atoms with Gasteiger partial charge in [-0.2, -0.15) is 0 Å². The summed E-state index contributed by atoms with van der Waals surface area (Å²) in [4.78, 5) is 12.3. The molecule has 3 aromatic rings. The standard InChI is InChI=1S/C16H12ClN3O4S/c1-25(22,23)13-7-3-5-11(9-13)15-19-20-16(24-15)18-14(21)10-4-2-6-12(17)8-10/h2-9H,1H3,(H,18,20,21). The molecule has 1 aromatic heterocycles. The molecule has 9 heteroatoms. The molecule has 0 bridgehead atoms. The van der Waals surface area contributed by atoms with E-state index in [1.54, 1.807) is 30.3 Å². The van der Waals surface area contributed by atoms with Gasteiger partial charge in [0.2, 0.25) is 5.89 Å². The van der Waals surface area contributed by atoms with Crippen LogP contribution in [0.5, 0.6) is 0 Å². The van der Waals surface area contributed by atoms with E-state index in [9.17, 15) is 13.2 Å². The maximum atomic E-state index is 12.1. The Morgan fingerprint density at radius 1 is 1.12 bits per heavy atom. The van der Waals surface area contributed by atoms with Crippen molar-refractivity contribution in [2.24, 2.45) is 0 Å². The molecule has 0 radical (unpaired) electrons. The molecule has 7 nitrogen and oxygen atoms in total. The van der Waals surface area contributed by atoms with Crippen LogP contribution < -0.4 is 5.32 Å². The largest absolute Gasteiger partial charge is 0.403 e. The van der Waals surface area contributed by atoms with Gasteiger partial charge >= 0.3 is 6.01 Å². The van der Waals surface area contributed by atoms with Crippen LogP contribution in [0.15, 0.2) is 57.8 Å². The zero-order valence-corrected chi connectivity index (χ0v) is 14.5. The highest BCUT2D eigenvalue weighted by Crippen LogP contribution is 2.23. The Morgan fingerprint density at radius 3 is 2.60 bits per heavy atom. The lowest BCUT2D eigenvalue weighted by Crippen LogP contribution is -2.11. The van der Waals surface area contributed by atoms with E-state index in [0.29, 0.717) is 16.1 Å². The van der Waals surface area contributed by atoms with Crippen molar-refractivity contribution in [2.45, 2.75) is 4.90 Å². The van der Waals surface area contributed by atoms with E-state index >= 15 is 0 Å². The minimum absolute atomic E-state index is 0.0897. The maximum Gasteiger partial charge on any atom is 0.322 e. The van der Waals surface area contributed by atoms with Crippen molar-refractivity contribution < 1.29 is 17.6 Å². The van der Waals surface area contributed by atoms with Crippen LogP contribution in [0.25, 0.3) is 11.5 Å². The first-order valence-electron chi connectivity index (χ1n) is 7.04. The van der Waals surface area contributed by atoms with Crippen LogP contribution in [-0.2, 0) is 9.84 Å². The predicted octanol–water partition coefficient (Wildman–Crippen LogP) is 3.05. The van der Waals surface area contributed by atoms with Crippen LogP contribution in [0.1, 0.15) is 10.4 Å². The molecule has 3 rings (SSSR count). The van der Waals surface area contributed by atoms with Gasteiger partial charge in [0, 0.05) is 22.4 Å². The Kier molecular flexibility index (Phi) is 4.56. The van der Waals surface area contributed by atoms with E-state index in [1.165, 1.54) is 18.2 Å². The number of benzene rings is 2. The van der Waals surface area contributed by atoms with Gasteiger partial charge in [-0.3, -0.25) is 10.1 Å². The van der Waals surface area contributed by atoms with E-state index < -0.39 is 15.7 Å². The molecular weight excluding hydrogens is 366 g/mol. The summed E-state index contributed by atoms with van der Waals surface area (Å²) >= 11 is 5.85. The van der Waals surface area contributed by atoms with Gasteiger partial charge in [0.25, 0.3) is 5.91 Å². The Hall–Kier alpha value is -2.71. The average molecular weight is 378 g/mol. The molecule has 0 spiro atoms. The van der Waals surface area contributed by atoms with Crippen LogP contribution in [0.4, 0.5) is 6.01 Å². The van der Waals surface area contributed by atoms with Crippen LogP contribution >= 0.6 is 11.6 Å². The van der Waals surface area contributed by atoms with Crippen molar-refractivity contribution in [1.29, 1.82) is 0 Å². The maximum absolute atomic E-state index is 12.1. The lowest BCUT2D eigenvalue weighted by molar-refractivity contribution is 0.102. The van der Waals surface area contributed by atoms with E-state index in [0.717, 1.165) is 6.26 Å². The van der Waals surface area contributed by atoms with Crippen molar-refractivity contribution in [3.8, 4) is 11.5 Å². The summed E-state index contributed by atoms with van der Waals surface area (Å²) in [5, 5.41) is 10.5. The molecule has 0 saturated heterocycles. The number of nitrogens with one attached hydrogen (secondary N) is 1. The Bertz CT molecular complexity index is 1050. The Morgan fingerprint density at radius 2 is 1.88 bits per heavy atom. The highest BCUT2D eigenvalue weighted by atomic mass is 35.5. The zero-order valence-electron chi connectivity index (χ0n) is 12.9. The second kappa shape index (κ2) is 6.66. The summed E-state index contributed by atoms with van der Waals surface area (Å²) in [6.07, 6.45) is 1.11. The minimum Gasteiger partial charge on any atom is -0.403 e. The average Bonchev–Trinajstić information content (AvgIpc) is 3.03. The van der Waals surface area contributed by atoms with Gasteiger partial charge in [0.15, 0.2) is 9.84 Å². The highest BCUT2D eigenvalue weighted by molar-refractivity contribution is 7.90. The molecule has 0 aliphatic heterocycles. The summed E-state index contributed by atoms with van der Waals surface area (Å²) in [7, 11) is -3.36. The molecule has 0 unspecified atom stereocenters. The normalized spacial score (nSPS) is 11.3. The molecule has 0 atom stereocenters. The van der Waals surface area contributed by atoms with Gasteiger partial charge in [0.05, 0.1) is 4.90 Å². The molecule has 0 aliphatic rings. The number of rotatable bonds is 4. The Labute approximate surface area is 148 Å². The minimum atomic E-state index is -3.36. The number of hydrogen-bond donors (Lipinski definition) is 1. The van der Waals surface area contributed by atoms with Crippen LogP contribution in [0.2, 0.25) is 5.02 Å². The van der Waals surface area contributed by atoms with Crippen LogP contribution in [0.3, 0.4) is 0 Å². The van der Waals surface area contributed by atoms with E-state index in [-0.39, 0.29) is 16.8 Å². The molecule has 128 valence electrons. The van der Waals surface area contributed by atoms with E-state index in [4.69, 9.17) is 16.0 Å². The van der Waals surface area contributed by atoms with Gasteiger partial charge in [-0.15, -0.1) is 5.10 Å². The van der Waals surface area contributed by atoms with Crippen molar-refractivity contribution in [3.63, 3.8) is 0 Å². The summed E-state index contributed by atoms with van der Waals surface area (Å²) in [5.74, 6) is -0.366. The van der Waals surface area contributed by atoms with Gasteiger partial charge in [-0.05, 0) is 36.4 Å². The number of carbonyl (C=O) groups is 1. The summed E-state index contributed by atoms with van der Waals surface area (Å²) in [6, 6.07) is 12.4. The number of sulfone groups is 1. The smallest absolute Gasteiger partial charge is 0.322 e. The topological polar surface area (TPSA) is 102 Å². The molecule has 25 heavy (non-hydrogen) atoms.